The Labute approximate surface area is 81.7 Å². The fourth-order valence-corrected chi connectivity index (χ4v) is 1.29. The van der Waals surface area contributed by atoms with Crippen LogP contribution in [0, 0.1) is 5.92 Å². The first-order valence-corrected chi connectivity index (χ1v) is 5.36. The highest BCUT2D eigenvalue weighted by molar-refractivity contribution is 5.72. The summed E-state index contributed by atoms with van der Waals surface area (Å²) in [7, 11) is 0. The van der Waals surface area contributed by atoms with Gasteiger partial charge in [-0.15, -0.1) is 0 Å². The Morgan fingerprint density at radius 3 is 2.15 bits per heavy atom. The molecular formula is C11H22O2. The summed E-state index contributed by atoms with van der Waals surface area (Å²) in [6.07, 6.45) is 3.92. The van der Waals surface area contributed by atoms with Gasteiger partial charge in [-0.25, -0.2) is 0 Å². The number of esters is 1. The van der Waals surface area contributed by atoms with Crippen molar-refractivity contribution in [1.29, 1.82) is 0 Å². The van der Waals surface area contributed by atoms with Crippen LogP contribution in [0.25, 0.3) is 0 Å². The molecule has 0 heterocycles. The van der Waals surface area contributed by atoms with Gasteiger partial charge in [0.05, 0.1) is 5.92 Å². The van der Waals surface area contributed by atoms with E-state index in [9.17, 15) is 4.79 Å². The lowest BCUT2D eigenvalue weighted by Crippen LogP contribution is -2.21. The van der Waals surface area contributed by atoms with Gasteiger partial charge in [0.15, 0.2) is 0 Å². The molecule has 13 heavy (non-hydrogen) atoms. The highest BCUT2D eigenvalue weighted by atomic mass is 16.5. The van der Waals surface area contributed by atoms with Gasteiger partial charge in [-0.2, -0.15) is 0 Å². The summed E-state index contributed by atoms with van der Waals surface area (Å²) in [4.78, 5) is 11.4. The summed E-state index contributed by atoms with van der Waals surface area (Å²) in [6.45, 7) is 8.12. The van der Waals surface area contributed by atoms with Crippen molar-refractivity contribution in [3.05, 3.63) is 0 Å². The molecule has 0 amide bonds. The molecule has 0 aromatic carbocycles. The summed E-state index contributed by atoms with van der Waals surface area (Å²) < 4.78 is 5.32. The fourth-order valence-electron chi connectivity index (χ4n) is 1.29. The van der Waals surface area contributed by atoms with E-state index in [0.717, 1.165) is 25.7 Å². The maximum absolute atomic E-state index is 11.4. The van der Waals surface area contributed by atoms with Crippen molar-refractivity contribution in [3.8, 4) is 0 Å². The van der Waals surface area contributed by atoms with Gasteiger partial charge in [0.25, 0.3) is 0 Å². The van der Waals surface area contributed by atoms with E-state index in [1.54, 1.807) is 0 Å². The van der Waals surface area contributed by atoms with Crippen molar-refractivity contribution in [2.75, 3.05) is 0 Å². The summed E-state index contributed by atoms with van der Waals surface area (Å²) in [6, 6.07) is 0. The van der Waals surface area contributed by atoms with Gasteiger partial charge >= 0.3 is 5.97 Å². The maximum atomic E-state index is 11.4. The second kappa shape index (κ2) is 6.93. The first kappa shape index (κ1) is 12.5. The standard InChI is InChI=1S/C11H22O2/c1-5-8-9(4)11(12)13-10(6-2)7-3/h9-10H,5-8H2,1-4H3. The second-order valence-corrected chi connectivity index (χ2v) is 3.57. The molecule has 0 rings (SSSR count). The number of hydrogen-bond acceptors (Lipinski definition) is 2. The lowest BCUT2D eigenvalue weighted by atomic mass is 10.1. The number of carbonyl (C=O) groups excluding carboxylic acids is 1. The zero-order chi connectivity index (χ0) is 10.3. The molecule has 0 fully saturated rings. The Bertz CT molecular complexity index is 139. The van der Waals surface area contributed by atoms with Crippen LogP contribution in [0.4, 0.5) is 0 Å². The molecule has 78 valence electrons. The third-order valence-corrected chi connectivity index (χ3v) is 2.32. The number of ether oxygens (including phenoxy) is 1. The summed E-state index contributed by atoms with van der Waals surface area (Å²) >= 11 is 0. The molecule has 2 nitrogen and oxygen atoms in total. The largest absolute Gasteiger partial charge is 0.462 e. The van der Waals surface area contributed by atoms with Gasteiger partial charge in [-0.3, -0.25) is 4.79 Å². The Morgan fingerprint density at radius 2 is 1.77 bits per heavy atom. The van der Waals surface area contributed by atoms with Crippen LogP contribution in [0.5, 0.6) is 0 Å². The highest BCUT2D eigenvalue weighted by Gasteiger charge is 2.16. The van der Waals surface area contributed by atoms with Crippen LogP contribution in [0.1, 0.15) is 53.4 Å². The van der Waals surface area contributed by atoms with Crippen molar-refractivity contribution >= 4 is 5.97 Å². The topological polar surface area (TPSA) is 26.3 Å². The first-order chi connectivity index (χ1) is 6.15. The van der Waals surface area contributed by atoms with E-state index in [0.29, 0.717) is 0 Å². The van der Waals surface area contributed by atoms with Crippen LogP contribution in [0.2, 0.25) is 0 Å². The van der Waals surface area contributed by atoms with E-state index in [4.69, 9.17) is 4.74 Å². The SMILES string of the molecule is CCCC(C)C(=O)OC(CC)CC. The predicted molar refractivity (Wildman–Crippen MR) is 54.5 cm³/mol. The fraction of sp³-hybridized carbons (Fsp3) is 0.909. The molecule has 0 aromatic heterocycles. The molecule has 0 aromatic rings. The molecule has 0 aliphatic carbocycles. The molecule has 0 saturated heterocycles. The van der Waals surface area contributed by atoms with E-state index >= 15 is 0 Å². The molecular weight excluding hydrogens is 164 g/mol. The van der Waals surface area contributed by atoms with Crippen LogP contribution >= 0.6 is 0 Å². The lowest BCUT2D eigenvalue weighted by molar-refractivity contribution is -0.154. The number of hydrogen-bond donors (Lipinski definition) is 0. The van der Waals surface area contributed by atoms with Gasteiger partial charge in [-0.05, 0) is 19.3 Å². The average molecular weight is 186 g/mol. The molecule has 0 radical (unpaired) electrons. The molecule has 1 unspecified atom stereocenters. The zero-order valence-electron chi connectivity index (χ0n) is 9.30. The first-order valence-electron chi connectivity index (χ1n) is 5.36. The number of carbonyl (C=O) groups is 1. The molecule has 0 spiro atoms. The monoisotopic (exact) mass is 186 g/mol. The van der Waals surface area contributed by atoms with Crippen molar-refractivity contribution in [2.24, 2.45) is 5.92 Å². The van der Waals surface area contributed by atoms with E-state index in [1.807, 2.05) is 20.8 Å². The zero-order valence-corrected chi connectivity index (χ0v) is 9.30. The normalized spacial score (nSPS) is 13.0. The van der Waals surface area contributed by atoms with Gasteiger partial charge in [-0.1, -0.05) is 34.1 Å². The van der Waals surface area contributed by atoms with Crippen molar-refractivity contribution in [1.82, 2.24) is 0 Å². The van der Waals surface area contributed by atoms with Crippen LogP contribution in [0.15, 0.2) is 0 Å². The molecule has 0 bridgehead atoms. The lowest BCUT2D eigenvalue weighted by Gasteiger charge is -2.17. The molecule has 1 atom stereocenters. The van der Waals surface area contributed by atoms with Gasteiger partial charge < -0.3 is 4.74 Å². The maximum Gasteiger partial charge on any atom is 0.308 e. The minimum Gasteiger partial charge on any atom is -0.462 e. The van der Waals surface area contributed by atoms with E-state index in [-0.39, 0.29) is 18.0 Å². The smallest absolute Gasteiger partial charge is 0.308 e. The van der Waals surface area contributed by atoms with Crippen LogP contribution in [-0.4, -0.2) is 12.1 Å². The van der Waals surface area contributed by atoms with Crippen LogP contribution in [-0.2, 0) is 9.53 Å². The van der Waals surface area contributed by atoms with Crippen LogP contribution < -0.4 is 0 Å². The quantitative estimate of drug-likeness (QED) is 0.596. The van der Waals surface area contributed by atoms with Crippen LogP contribution in [0.3, 0.4) is 0 Å². The summed E-state index contributed by atoms with van der Waals surface area (Å²) in [5.41, 5.74) is 0. The molecule has 2 heteroatoms. The third-order valence-electron chi connectivity index (χ3n) is 2.32. The van der Waals surface area contributed by atoms with E-state index < -0.39 is 0 Å². The Balaban J connectivity index is 3.83. The Kier molecular flexibility index (Phi) is 6.65. The van der Waals surface area contributed by atoms with E-state index in [1.165, 1.54) is 0 Å². The van der Waals surface area contributed by atoms with Gasteiger partial charge in [0, 0.05) is 0 Å². The van der Waals surface area contributed by atoms with Crippen molar-refractivity contribution < 1.29 is 9.53 Å². The van der Waals surface area contributed by atoms with Gasteiger partial charge in [0.1, 0.15) is 6.10 Å². The summed E-state index contributed by atoms with van der Waals surface area (Å²) in [5, 5.41) is 0. The van der Waals surface area contributed by atoms with Crippen molar-refractivity contribution in [2.45, 2.75) is 59.5 Å². The third kappa shape index (κ3) is 4.91. The Morgan fingerprint density at radius 1 is 1.23 bits per heavy atom. The minimum atomic E-state index is -0.0319. The summed E-state index contributed by atoms with van der Waals surface area (Å²) in [5.74, 6) is 0.0288. The van der Waals surface area contributed by atoms with Crippen molar-refractivity contribution in [3.63, 3.8) is 0 Å². The molecule has 0 aliphatic rings. The highest BCUT2D eigenvalue weighted by Crippen LogP contribution is 2.11. The van der Waals surface area contributed by atoms with E-state index in [2.05, 4.69) is 6.92 Å². The predicted octanol–water partition coefficient (Wildman–Crippen LogP) is 3.15. The molecule has 0 N–H and O–H groups in total. The molecule has 0 saturated carbocycles. The average Bonchev–Trinajstić information content (AvgIpc) is 2.14. The second-order valence-electron chi connectivity index (χ2n) is 3.57. The molecule has 0 aliphatic heterocycles. The number of rotatable bonds is 6. The van der Waals surface area contributed by atoms with Gasteiger partial charge in [0.2, 0.25) is 0 Å². The Hall–Kier alpha value is -0.530. The minimum absolute atomic E-state index is 0.0319.